The first-order chi connectivity index (χ1) is 8.24. The van der Waals surface area contributed by atoms with Gasteiger partial charge in [0.1, 0.15) is 5.01 Å². The van der Waals surface area contributed by atoms with Gasteiger partial charge in [0, 0.05) is 30.6 Å². The quantitative estimate of drug-likeness (QED) is 0.895. The zero-order valence-corrected chi connectivity index (χ0v) is 10.9. The molecule has 1 aromatic heterocycles. The van der Waals surface area contributed by atoms with Gasteiger partial charge in [-0.3, -0.25) is 4.79 Å². The van der Waals surface area contributed by atoms with Gasteiger partial charge >= 0.3 is 0 Å². The van der Waals surface area contributed by atoms with Crippen molar-refractivity contribution >= 4 is 17.2 Å². The van der Waals surface area contributed by atoms with Gasteiger partial charge in [0.25, 0.3) is 0 Å². The number of amides is 1. The van der Waals surface area contributed by atoms with Crippen LogP contribution in [0.3, 0.4) is 0 Å². The molecule has 1 amide bonds. The number of rotatable bonds is 3. The third-order valence-corrected chi connectivity index (χ3v) is 4.00. The Morgan fingerprint density at radius 3 is 3.12 bits per heavy atom. The van der Waals surface area contributed by atoms with E-state index in [-0.39, 0.29) is 18.0 Å². The van der Waals surface area contributed by atoms with Crippen molar-refractivity contribution in [2.24, 2.45) is 5.73 Å². The summed E-state index contributed by atoms with van der Waals surface area (Å²) in [4.78, 5) is 18.4. The normalized spacial score (nSPS) is 26.0. The standard InChI is InChI=1S/C12H19N3OS/c1-2-7-15-10(16)5-3-4-9(13)11(15)12-14-6-8-17-12/h6,8-9,11H,2-5,7,13H2,1H3. The van der Waals surface area contributed by atoms with Gasteiger partial charge < -0.3 is 10.6 Å². The van der Waals surface area contributed by atoms with Crippen LogP contribution in [0.5, 0.6) is 0 Å². The summed E-state index contributed by atoms with van der Waals surface area (Å²) < 4.78 is 0. The Labute approximate surface area is 106 Å². The molecule has 1 saturated heterocycles. The van der Waals surface area contributed by atoms with Gasteiger partial charge in [-0.05, 0) is 19.3 Å². The van der Waals surface area contributed by atoms with Gasteiger partial charge in [0.05, 0.1) is 6.04 Å². The molecule has 0 aromatic carbocycles. The summed E-state index contributed by atoms with van der Waals surface area (Å²) in [5.41, 5.74) is 6.23. The van der Waals surface area contributed by atoms with E-state index in [1.54, 1.807) is 17.5 Å². The fourth-order valence-electron chi connectivity index (χ4n) is 2.38. The van der Waals surface area contributed by atoms with Crippen LogP contribution in [0.25, 0.3) is 0 Å². The van der Waals surface area contributed by atoms with E-state index in [0.29, 0.717) is 6.42 Å². The minimum atomic E-state index is -0.0232. The van der Waals surface area contributed by atoms with Crippen LogP contribution in [-0.2, 0) is 4.79 Å². The maximum absolute atomic E-state index is 12.1. The molecule has 2 atom stereocenters. The molecule has 2 heterocycles. The molecule has 0 saturated carbocycles. The Hall–Kier alpha value is -0.940. The average molecular weight is 253 g/mol. The van der Waals surface area contributed by atoms with Crippen molar-refractivity contribution in [1.29, 1.82) is 0 Å². The number of nitrogens with zero attached hydrogens (tertiary/aromatic N) is 2. The summed E-state index contributed by atoms with van der Waals surface area (Å²) in [5, 5.41) is 2.92. The molecule has 2 unspecified atom stereocenters. The van der Waals surface area contributed by atoms with Crippen LogP contribution in [-0.4, -0.2) is 28.4 Å². The van der Waals surface area contributed by atoms with Gasteiger partial charge in [-0.15, -0.1) is 11.3 Å². The second kappa shape index (κ2) is 5.60. The third kappa shape index (κ3) is 2.66. The minimum Gasteiger partial charge on any atom is -0.332 e. The number of hydrogen-bond acceptors (Lipinski definition) is 4. The van der Waals surface area contributed by atoms with E-state index in [1.165, 1.54) is 0 Å². The van der Waals surface area contributed by atoms with E-state index < -0.39 is 0 Å². The maximum Gasteiger partial charge on any atom is 0.223 e. The van der Waals surface area contributed by atoms with Crippen LogP contribution in [0, 0.1) is 0 Å². The molecule has 0 aliphatic carbocycles. The highest BCUT2D eigenvalue weighted by Gasteiger charge is 2.33. The zero-order valence-electron chi connectivity index (χ0n) is 10.1. The van der Waals surface area contributed by atoms with E-state index in [9.17, 15) is 4.79 Å². The van der Waals surface area contributed by atoms with Crippen molar-refractivity contribution < 1.29 is 4.79 Å². The number of hydrogen-bond donors (Lipinski definition) is 1. The molecule has 1 aliphatic heterocycles. The fourth-order valence-corrected chi connectivity index (χ4v) is 3.20. The lowest BCUT2D eigenvalue weighted by molar-refractivity contribution is -0.133. The van der Waals surface area contributed by atoms with E-state index >= 15 is 0 Å². The summed E-state index contributed by atoms with van der Waals surface area (Å²) in [5.74, 6) is 0.222. The Kier molecular flexibility index (Phi) is 4.12. The van der Waals surface area contributed by atoms with Crippen molar-refractivity contribution in [2.75, 3.05) is 6.54 Å². The lowest BCUT2D eigenvalue weighted by Gasteiger charge is -2.31. The first-order valence-electron chi connectivity index (χ1n) is 6.18. The Morgan fingerprint density at radius 1 is 1.65 bits per heavy atom. The molecule has 1 fully saturated rings. The van der Waals surface area contributed by atoms with Gasteiger partial charge in [-0.2, -0.15) is 0 Å². The molecule has 17 heavy (non-hydrogen) atoms. The number of likely N-dealkylation sites (tertiary alicyclic amines) is 1. The highest BCUT2D eigenvalue weighted by molar-refractivity contribution is 7.09. The number of aromatic nitrogens is 1. The predicted octanol–water partition coefficient (Wildman–Crippen LogP) is 1.93. The van der Waals surface area contributed by atoms with Crippen LogP contribution in [0.4, 0.5) is 0 Å². The lowest BCUT2D eigenvalue weighted by Crippen LogP contribution is -2.42. The topological polar surface area (TPSA) is 59.2 Å². The monoisotopic (exact) mass is 253 g/mol. The maximum atomic E-state index is 12.1. The van der Waals surface area contributed by atoms with Crippen LogP contribution < -0.4 is 5.73 Å². The van der Waals surface area contributed by atoms with Gasteiger partial charge in [-0.25, -0.2) is 4.98 Å². The molecule has 0 bridgehead atoms. The summed E-state index contributed by atoms with van der Waals surface area (Å²) in [6, 6.07) is -0.0101. The molecule has 4 nitrogen and oxygen atoms in total. The lowest BCUT2D eigenvalue weighted by atomic mass is 10.0. The molecule has 94 valence electrons. The van der Waals surface area contributed by atoms with Crippen molar-refractivity contribution in [1.82, 2.24) is 9.88 Å². The fraction of sp³-hybridized carbons (Fsp3) is 0.667. The molecule has 2 N–H and O–H groups in total. The smallest absolute Gasteiger partial charge is 0.223 e. The van der Waals surface area contributed by atoms with Crippen molar-refractivity contribution in [3.8, 4) is 0 Å². The second-order valence-corrected chi connectivity index (χ2v) is 5.38. The largest absolute Gasteiger partial charge is 0.332 e. The molecule has 1 aromatic rings. The van der Waals surface area contributed by atoms with Crippen molar-refractivity contribution in [3.05, 3.63) is 16.6 Å². The van der Waals surface area contributed by atoms with Gasteiger partial charge in [0.15, 0.2) is 0 Å². The second-order valence-electron chi connectivity index (χ2n) is 4.46. The molecule has 1 aliphatic rings. The summed E-state index contributed by atoms with van der Waals surface area (Å²) in [6.07, 6.45) is 5.15. The number of carbonyl (C=O) groups is 1. The summed E-state index contributed by atoms with van der Waals surface area (Å²) in [6.45, 7) is 2.86. The highest BCUT2D eigenvalue weighted by atomic mass is 32.1. The Balaban J connectivity index is 2.29. The van der Waals surface area contributed by atoms with Crippen LogP contribution >= 0.6 is 11.3 Å². The van der Waals surface area contributed by atoms with E-state index in [4.69, 9.17) is 5.73 Å². The summed E-state index contributed by atoms with van der Waals surface area (Å²) >= 11 is 1.59. The Morgan fingerprint density at radius 2 is 2.47 bits per heavy atom. The summed E-state index contributed by atoms with van der Waals surface area (Å²) in [7, 11) is 0. The Bertz CT molecular complexity index is 366. The van der Waals surface area contributed by atoms with E-state index in [0.717, 1.165) is 30.8 Å². The third-order valence-electron chi connectivity index (χ3n) is 3.16. The SMILES string of the molecule is CCCN1C(=O)CCCC(N)C1c1nccs1. The predicted molar refractivity (Wildman–Crippen MR) is 68.7 cm³/mol. The van der Waals surface area contributed by atoms with Crippen LogP contribution in [0.15, 0.2) is 11.6 Å². The molecular weight excluding hydrogens is 234 g/mol. The van der Waals surface area contributed by atoms with E-state index in [1.807, 2.05) is 10.3 Å². The first-order valence-corrected chi connectivity index (χ1v) is 7.06. The van der Waals surface area contributed by atoms with Crippen LogP contribution in [0.2, 0.25) is 0 Å². The zero-order chi connectivity index (χ0) is 12.3. The van der Waals surface area contributed by atoms with E-state index in [2.05, 4.69) is 11.9 Å². The molecule has 0 radical (unpaired) electrons. The van der Waals surface area contributed by atoms with Gasteiger partial charge in [0.2, 0.25) is 5.91 Å². The van der Waals surface area contributed by atoms with Crippen molar-refractivity contribution in [3.63, 3.8) is 0 Å². The molecule has 2 rings (SSSR count). The number of carbonyl (C=O) groups excluding carboxylic acids is 1. The van der Waals surface area contributed by atoms with Crippen LogP contribution in [0.1, 0.15) is 43.7 Å². The molecule has 5 heteroatoms. The van der Waals surface area contributed by atoms with Gasteiger partial charge in [-0.1, -0.05) is 6.92 Å². The average Bonchev–Trinajstić information content (AvgIpc) is 2.77. The number of thiazole rings is 1. The number of nitrogens with two attached hydrogens (primary N) is 1. The highest BCUT2D eigenvalue weighted by Crippen LogP contribution is 2.31. The first kappa shape index (κ1) is 12.5. The van der Waals surface area contributed by atoms with Crippen molar-refractivity contribution in [2.45, 2.75) is 44.7 Å². The molecular formula is C12H19N3OS. The molecule has 0 spiro atoms. The minimum absolute atomic E-state index is 0.0131.